The summed E-state index contributed by atoms with van der Waals surface area (Å²) in [6.45, 7) is 0.693. The molecule has 1 aliphatic rings. The molecule has 0 radical (unpaired) electrons. The highest BCUT2D eigenvalue weighted by Crippen LogP contribution is 2.29. The monoisotopic (exact) mass is 429 g/mol. The Labute approximate surface area is 189 Å². The molecule has 0 aliphatic heterocycles. The number of hydrogen-bond acceptors (Lipinski definition) is 3. The molecule has 1 amide bonds. The molecule has 166 valence electrons. The number of benzene rings is 2. The molecule has 1 aliphatic carbocycles. The third-order valence-corrected chi connectivity index (χ3v) is 6.50. The van der Waals surface area contributed by atoms with Crippen molar-refractivity contribution < 1.29 is 4.79 Å². The van der Waals surface area contributed by atoms with Gasteiger partial charge in [0.05, 0.1) is 6.04 Å². The number of nitrogens with two attached hydrogens (primary N) is 1. The van der Waals surface area contributed by atoms with E-state index in [1.807, 2.05) is 66.7 Å². The van der Waals surface area contributed by atoms with Crippen LogP contribution in [0.2, 0.25) is 0 Å². The largest absolute Gasteiger partial charge is 0.347 e. The summed E-state index contributed by atoms with van der Waals surface area (Å²) >= 11 is 0. The second-order valence-electron chi connectivity index (χ2n) is 8.76. The molecule has 0 bridgehead atoms. The van der Waals surface area contributed by atoms with E-state index < -0.39 is 0 Å². The molecule has 5 nitrogen and oxygen atoms in total. The second-order valence-corrected chi connectivity index (χ2v) is 8.76. The standard InChI is InChI=1S/C27H31N3O2/c28-18-20-11-13-22(14-12-20)27(32)30-24(15-19-7-3-1-4-8-19)25-16-23(17-26(31)29-25)21-9-5-2-6-10-21/h1-10,16-17,20,22,24H,11-15,18,28H2,(H,29,31)(H,30,32). The topological polar surface area (TPSA) is 88.0 Å². The summed E-state index contributed by atoms with van der Waals surface area (Å²) in [5, 5.41) is 3.25. The van der Waals surface area contributed by atoms with Gasteiger partial charge in [-0.25, -0.2) is 0 Å². The number of rotatable bonds is 7. The number of aromatic amines is 1. The van der Waals surface area contributed by atoms with Crippen LogP contribution in [0.15, 0.2) is 77.6 Å². The fraction of sp³-hybridized carbons (Fsp3) is 0.333. The Balaban J connectivity index is 1.60. The molecule has 32 heavy (non-hydrogen) atoms. The van der Waals surface area contributed by atoms with E-state index in [-0.39, 0.29) is 23.4 Å². The van der Waals surface area contributed by atoms with Crippen LogP contribution in [0.4, 0.5) is 0 Å². The maximum Gasteiger partial charge on any atom is 0.248 e. The number of nitrogens with one attached hydrogen (secondary N) is 2. The lowest BCUT2D eigenvalue weighted by Gasteiger charge is -2.29. The van der Waals surface area contributed by atoms with Gasteiger partial charge in [0.2, 0.25) is 11.5 Å². The van der Waals surface area contributed by atoms with E-state index in [9.17, 15) is 9.59 Å². The van der Waals surface area contributed by atoms with Gasteiger partial charge in [-0.15, -0.1) is 0 Å². The molecule has 4 rings (SSSR count). The highest BCUT2D eigenvalue weighted by Gasteiger charge is 2.28. The smallest absolute Gasteiger partial charge is 0.248 e. The molecule has 1 fully saturated rings. The third-order valence-electron chi connectivity index (χ3n) is 6.50. The van der Waals surface area contributed by atoms with Crippen LogP contribution in [0.1, 0.15) is 43.0 Å². The molecular weight excluding hydrogens is 398 g/mol. The molecule has 1 heterocycles. The summed E-state index contributed by atoms with van der Waals surface area (Å²) in [5.41, 5.74) is 9.30. The number of hydrogen-bond donors (Lipinski definition) is 3. The highest BCUT2D eigenvalue weighted by atomic mass is 16.2. The van der Waals surface area contributed by atoms with Crippen molar-refractivity contribution in [2.24, 2.45) is 17.6 Å². The first-order valence-corrected chi connectivity index (χ1v) is 11.5. The van der Waals surface area contributed by atoms with Gasteiger partial charge in [-0.1, -0.05) is 60.7 Å². The third kappa shape index (κ3) is 5.54. The Bertz CT molecular complexity index is 1070. The number of H-pyrrole nitrogens is 1. The van der Waals surface area contributed by atoms with Crippen molar-refractivity contribution in [2.45, 2.75) is 38.1 Å². The fourth-order valence-electron chi connectivity index (χ4n) is 4.59. The van der Waals surface area contributed by atoms with Crippen molar-refractivity contribution >= 4 is 5.91 Å². The van der Waals surface area contributed by atoms with Gasteiger partial charge < -0.3 is 16.0 Å². The first-order chi connectivity index (χ1) is 15.6. The van der Waals surface area contributed by atoms with Gasteiger partial charge in [-0.2, -0.15) is 0 Å². The molecule has 2 aromatic carbocycles. The fourth-order valence-corrected chi connectivity index (χ4v) is 4.59. The summed E-state index contributed by atoms with van der Waals surface area (Å²) in [5.74, 6) is 0.588. The zero-order valence-corrected chi connectivity index (χ0v) is 18.3. The lowest BCUT2D eigenvalue weighted by atomic mass is 9.81. The normalized spacial score (nSPS) is 19.3. The predicted molar refractivity (Wildman–Crippen MR) is 128 cm³/mol. The van der Waals surface area contributed by atoms with Crippen molar-refractivity contribution in [2.75, 3.05) is 6.54 Å². The van der Waals surface area contributed by atoms with Crippen molar-refractivity contribution in [1.82, 2.24) is 10.3 Å². The SMILES string of the molecule is NCC1CCC(C(=O)NC(Cc2ccccc2)c2cc(-c3ccccc3)cc(=O)[nH]2)CC1. The molecule has 1 saturated carbocycles. The Morgan fingerprint density at radius 2 is 1.59 bits per heavy atom. The summed E-state index contributed by atoms with van der Waals surface area (Å²) in [4.78, 5) is 28.7. The molecule has 4 N–H and O–H groups in total. The van der Waals surface area contributed by atoms with Crippen LogP contribution in [0.5, 0.6) is 0 Å². The predicted octanol–water partition coefficient (Wildman–Crippen LogP) is 4.21. The second kappa shape index (κ2) is 10.4. The summed E-state index contributed by atoms with van der Waals surface area (Å²) < 4.78 is 0. The van der Waals surface area contributed by atoms with Gasteiger partial charge in [-0.3, -0.25) is 9.59 Å². The maximum atomic E-state index is 13.2. The lowest BCUT2D eigenvalue weighted by molar-refractivity contribution is -0.127. The van der Waals surface area contributed by atoms with E-state index in [2.05, 4.69) is 10.3 Å². The molecule has 0 spiro atoms. The van der Waals surface area contributed by atoms with Gasteiger partial charge in [-0.05, 0) is 67.3 Å². The number of carbonyl (C=O) groups excluding carboxylic acids is 1. The number of aromatic nitrogens is 1. The first-order valence-electron chi connectivity index (χ1n) is 11.5. The molecular formula is C27H31N3O2. The molecule has 3 aromatic rings. The summed E-state index contributed by atoms with van der Waals surface area (Å²) in [6, 6.07) is 23.2. The Kier molecular flexibility index (Phi) is 7.17. The van der Waals surface area contributed by atoms with Crippen molar-refractivity contribution in [3.8, 4) is 11.1 Å². The van der Waals surface area contributed by atoms with Crippen LogP contribution < -0.4 is 16.6 Å². The Hall–Kier alpha value is -3.18. The van der Waals surface area contributed by atoms with E-state index in [4.69, 9.17) is 5.73 Å². The molecule has 1 atom stereocenters. The Morgan fingerprint density at radius 3 is 2.25 bits per heavy atom. The lowest BCUT2D eigenvalue weighted by Crippen LogP contribution is -2.38. The van der Waals surface area contributed by atoms with E-state index >= 15 is 0 Å². The highest BCUT2D eigenvalue weighted by molar-refractivity contribution is 5.79. The minimum atomic E-state index is -0.312. The molecule has 0 saturated heterocycles. The first kappa shape index (κ1) is 22.0. The van der Waals surface area contributed by atoms with E-state index in [1.54, 1.807) is 6.07 Å². The van der Waals surface area contributed by atoms with Gasteiger partial charge in [0, 0.05) is 17.7 Å². The van der Waals surface area contributed by atoms with E-state index in [0.717, 1.165) is 48.1 Å². The molecule has 5 heteroatoms. The number of amides is 1. The summed E-state index contributed by atoms with van der Waals surface area (Å²) in [6.07, 6.45) is 4.34. The summed E-state index contributed by atoms with van der Waals surface area (Å²) in [7, 11) is 0. The quantitative estimate of drug-likeness (QED) is 0.526. The van der Waals surface area contributed by atoms with E-state index in [1.165, 1.54) is 0 Å². The van der Waals surface area contributed by atoms with Crippen LogP contribution in [0, 0.1) is 11.8 Å². The van der Waals surface area contributed by atoms with Crippen LogP contribution in [0.25, 0.3) is 11.1 Å². The zero-order valence-electron chi connectivity index (χ0n) is 18.3. The van der Waals surface area contributed by atoms with Crippen molar-refractivity contribution in [3.05, 3.63) is 94.4 Å². The maximum absolute atomic E-state index is 13.2. The molecule has 1 unspecified atom stereocenters. The molecule has 1 aromatic heterocycles. The van der Waals surface area contributed by atoms with Crippen LogP contribution in [0.3, 0.4) is 0 Å². The number of pyridine rings is 1. The zero-order chi connectivity index (χ0) is 22.3. The average molecular weight is 430 g/mol. The van der Waals surface area contributed by atoms with Crippen molar-refractivity contribution in [3.63, 3.8) is 0 Å². The van der Waals surface area contributed by atoms with Crippen LogP contribution >= 0.6 is 0 Å². The minimum Gasteiger partial charge on any atom is -0.347 e. The van der Waals surface area contributed by atoms with Gasteiger partial charge in [0.15, 0.2) is 0 Å². The van der Waals surface area contributed by atoms with Gasteiger partial charge in [0.25, 0.3) is 0 Å². The van der Waals surface area contributed by atoms with Crippen molar-refractivity contribution in [1.29, 1.82) is 0 Å². The number of carbonyl (C=O) groups is 1. The van der Waals surface area contributed by atoms with Gasteiger partial charge >= 0.3 is 0 Å². The van der Waals surface area contributed by atoms with Crippen LogP contribution in [-0.2, 0) is 11.2 Å². The Morgan fingerprint density at radius 1 is 0.938 bits per heavy atom. The van der Waals surface area contributed by atoms with E-state index in [0.29, 0.717) is 18.9 Å². The average Bonchev–Trinajstić information content (AvgIpc) is 2.84. The van der Waals surface area contributed by atoms with Gasteiger partial charge in [0.1, 0.15) is 0 Å². The van der Waals surface area contributed by atoms with Crippen LogP contribution in [-0.4, -0.2) is 17.4 Å². The minimum absolute atomic E-state index is 0.0000938.